The zero-order chi connectivity index (χ0) is 21.9. The average Bonchev–Trinajstić information content (AvgIpc) is 3.14. The molecule has 6 nitrogen and oxygen atoms in total. The van der Waals surface area contributed by atoms with Gasteiger partial charge >= 0.3 is 6.18 Å². The summed E-state index contributed by atoms with van der Waals surface area (Å²) in [7, 11) is 3.56. The molecular weight excluding hydrogens is 522 g/mol. The van der Waals surface area contributed by atoms with E-state index < -0.39 is 17.2 Å². The van der Waals surface area contributed by atoms with E-state index in [4.69, 9.17) is 4.74 Å². The summed E-state index contributed by atoms with van der Waals surface area (Å²) in [4.78, 5) is 6.47. The van der Waals surface area contributed by atoms with Crippen LogP contribution in [0.25, 0.3) is 0 Å². The van der Waals surface area contributed by atoms with Gasteiger partial charge in [-0.3, -0.25) is 9.67 Å². The summed E-state index contributed by atoms with van der Waals surface area (Å²) in [6, 6.07) is 5.50. The smallest absolute Gasteiger partial charge is 0.370 e. The molecule has 0 amide bonds. The van der Waals surface area contributed by atoms with E-state index in [-0.39, 0.29) is 30.1 Å². The molecule has 0 saturated carbocycles. The topological polar surface area (TPSA) is 54.7 Å². The first-order chi connectivity index (χ1) is 14.1. The van der Waals surface area contributed by atoms with Gasteiger partial charge in [-0.05, 0) is 11.6 Å². The van der Waals surface area contributed by atoms with Gasteiger partial charge in [-0.1, -0.05) is 32.0 Å². The zero-order valence-electron chi connectivity index (χ0n) is 18.1. The summed E-state index contributed by atoms with van der Waals surface area (Å²) in [6.07, 6.45) is -0.741. The molecule has 0 spiro atoms. The van der Waals surface area contributed by atoms with E-state index in [9.17, 15) is 13.2 Å². The van der Waals surface area contributed by atoms with Gasteiger partial charge in [0.25, 0.3) is 0 Å². The summed E-state index contributed by atoms with van der Waals surface area (Å²) >= 11 is 0. The van der Waals surface area contributed by atoms with Crippen molar-refractivity contribution >= 4 is 29.9 Å². The fourth-order valence-corrected chi connectivity index (χ4v) is 3.50. The molecule has 2 aromatic rings. The monoisotopic (exact) mass is 551 g/mol. The van der Waals surface area contributed by atoms with Gasteiger partial charge in [-0.2, -0.15) is 18.3 Å². The van der Waals surface area contributed by atoms with Gasteiger partial charge in [0.1, 0.15) is 6.10 Å². The van der Waals surface area contributed by atoms with Crippen LogP contribution in [0.1, 0.15) is 36.6 Å². The molecule has 1 unspecified atom stereocenters. The predicted octanol–water partition coefficient (Wildman–Crippen LogP) is 3.98. The SMILES string of the molecule is CN=C(NCC(C)(C)c1cccc(C(F)(F)F)c1)N1CCOC(c2cnn(C)c2)C1.I. The van der Waals surface area contributed by atoms with Crippen LogP contribution in [-0.2, 0) is 23.4 Å². The summed E-state index contributed by atoms with van der Waals surface area (Å²) in [5.74, 6) is 0.701. The lowest BCUT2D eigenvalue weighted by molar-refractivity contribution is -0.137. The number of hydrogen-bond donors (Lipinski definition) is 1. The maximum Gasteiger partial charge on any atom is 0.416 e. The van der Waals surface area contributed by atoms with Crippen molar-refractivity contribution in [2.24, 2.45) is 12.0 Å². The zero-order valence-corrected chi connectivity index (χ0v) is 20.4. The van der Waals surface area contributed by atoms with Crippen LogP contribution in [-0.4, -0.2) is 53.9 Å². The van der Waals surface area contributed by atoms with E-state index in [1.54, 1.807) is 24.0 Å². The first-order valence-electron chi connectivity index (χ1n) is 9.83. The number of rotatable bonds is 4. The molecule has 3 rings (SSSR count). The molecule has 1 saturated heterocycles. The molecule has 2 heterocycles. The number of hydrogen-bond acceptors (Lipinski definition) is 3. The van der Waals surface area contributed by atoms with Crippen molar-refractivity contribution in [2.75, 3.05) is 33.3 Å². The molecular formula is C21H29F3IN5O. The molecule has 1 aromatic heterocycles. The second-order valence-electron chi connectivity index (χ2n) is 8.12. The van der Waals surface area contributed by atoms with Crippen LogP contribution < -0.4 is 5.32 Å². The first-order valence-corrected chi connectivity index (χ1v) is 9.83. The lowest BCUT2D eigenvalue weighted by atomic mass is 9.84. The fraction of sp³-hybridized carbons (Fsp3) is 0.524. The maximum absolute atomic E-state index is 13.1. The normalized spacial score (nSPS) is 18.0. The number of nitrogens with zero attached hydrogens (tertiary/aromatic N) is 4. The Bertz CT molecular complexity index is 897. The highest BCUT2D eigenvalue weighted by molar-refractivity contribution is 14.0. The summed E-state index contributed by atoms with van der Waals surface area (Å²) in [5, 5.41) is 7.53. The Hall–Kier alpha value is -1.82. The fourth-order valence-electron chi connectivity index (χ4n) is 3.50. The molecule has 0 aliphatic carbocycles. The molecule has 10 heteroatoms. The third kappa shape index (κ3) is 6.34. The van der Waals surface area contributed by atoms with Crippen molar-refractivity contribution in [1.29, 1.82) is 0 Å². The Kier molecular flexibility index (Phi) is 8.37. The van der Waals surface area contributed by atoms with Gasteiger partial charge < -0.3 is 15.0 Å². The number of alkyl halides is 3. The number of morpholine rings is 1. The van der Waals surface area contributed by atoms with Crippen LogP contribution in [0, 0.1) is 0 Å². The van der Waals surface area contributed by atoms with Gasteiger partial charge in [0, 0.05) is 44.4 Å². The molecule has 1 N–H and O–H groups in total. The number of nitrogens with one attached hydrogen (secondary N) is 1. The molecule has 1 aromatic carbocycles. The second kappa shape index (κ2) is 10.2. The van der Waals surface area contributed by atoms with Gasteiger partial charge in [0.05, 0.1) is 24.9 Å². The van der Waals surface area contributed by atoms with E-state index in [1.807, 2.05) is 27.1 Å². The summed E-state index contributed by atoms with van der Waals surface area (Å²) in [5.41, 5.74) is 0.467. The van der Waals surface area contributed by atoms with Crippen molar-refractivity contribution in [3.63, 3.8) is 0 Å². The van der Waals surface area contributed by atoms with Crippen molar-refractivity contribution < 1.29 is 17.9 Å². The molecule has 1 atom stereocenters. The Labute approximate surface area is 197 Å². The van der Waals surface area contributed by atoms with Crippen LogP contribution in [0.4, 0.5) is 13.2 Å². The highest BCUT2D eigenvalue weighted by Crippen LogP contribution is 2.32. The van der Waals surface area contributed by atoms with Crippen molar-refractivity contribution in [3.05, 3.63) is 53.3 Å². The van der Waals surface area contributed by atoms with Crippen molar-refractivity contribution in [3.8, 4) is 0 Å². The lowest BCUT2D eigenvalue weighted by Crippen LogP contribution is -2.50. The Morgan fingerprint density at radius 3 is 2.61 bits per heavy atom. The standard InChI is InChI=1S/C21H28F3N5O.HI/c1-20(2,16-6-5-7-17(10-16)21(22,23)24)14-26-19(25-3)29-8-9-30-18(13-29)15-11-27-28(4)12-15;/h5-7,10-12,18H,8-9,13-14H2,1-4H3,(H,25,26);1H. The molecule has 0 bridgehead atoms. The van der Waals surface area contributed by atoms with E-state index in [0.717, 1.165) is 11.6 Å². The van der Waals surface area contributed by atoms with Crippen LogP contribution in [0.2, 0.25) is 0 Å². The number of aliphatic imine (C=N–C) groups is 1. The van der Waals surface area contributed by atoms with Gasteiger partial charge in [-0.15, -0.1) is 24.0 Å². The number of guanidine groups is 1. The largest absolute Gasteiger partial charge is 0.416 e. The highest BCUT2D eigenvalue weighted by Gasteiger charge is 2.32. The molecule has 1 fully saturated rings. The molecule has 172 valence electrons. The van der Waals surface area contributed by atoms with Crippen LogP contribution in [0.15, 0.2) is 41.7 Å². The molecule has 31 heavy (non-hydrogen) atoms. The van der Waals surface area contributed by atoms with Crippen LogP contribution >= 0.6 is 24.0 Å². The van der Waals surface area contributed by atoms with E-state index in [0.29, 0.717) is 37.8 Å². The second-order valence-corrected chi connectivity index (χ2v) is 8.12. The highest BCUT2D eigenvalue weighted by atomic mass is 127. The number of benzene rings is 1. The van der Waals surface area contributed by atoms with Gasteiger partial charge in [-0.25, -0.2) is 0 Å². The van der Waals surface area contributed by atoms with Crippen molar-refractivity contribution in [2.45, 2.75) is 31.5 Å². The molecule has 1 aliphatic heterocycles. The lowest BCUT2D eigenvalue weighted by Gasteiger charge is -2.36. The maximum atomic E-state index is 13.1. The molecule has 0 radical (unpaired) electrons. The molecule has 1 aliphatic rings. The number of aryl methyl sites for hydroxylation is 1. The number of ether oxygens (including phenoxy) is 1. The summed E-state index contributed by atoms with van der Waals surface area (Å²) < 4.78 is 46.9. The minimum atomic E-state index is -4.36. The Balaban J connectivity index is 0.00000341. The average molecular weight is 551 g/mol. The minimum absolute atomic E-state index is 0. The predicted molar refractivity (Wildman–Crippen MR) is 125 cm³/mol. The van der Waals surface area contributed by atoms with E-state index in [2.05, 4.69) is 20.3 Å². The minimum Gasteiger partial charge on any atom is -0.370 e. The van der Waals surface area contributed by atoms with Gasteiger partial charge in [0.15, 0.2) is 5.96 Å². The van der Waals surface area contributed by atoms with Gasteiger partial charge in [0.2, 0.25) is 0 Å². The first kappa shape index (κ1) is 25.4. The number of aromatic nitrogens is 2. The summed E-state index contributed by atoms with van der Waals surface area (Å²) in [6.45, 7) is 6.13. The third-order valence-corrected chi connectivity index (χ3v) is 5.33. The van der Waals surface area contributed by atoms with Crippen molar-refractivity contribution in [1.82, 2.24) is 20.0 Å². The quantitative estimate of drug-likeness (QED) is 0.355. The van der Waals surface area contributed by atoms with E-state index >= 15 is 0 Å². The number of halogens is 4. The van der Waals surface area contributed by atoms with Crippen LogP contribution in [0.5, 0.6) is 0 Å². The van der Waals surface area contributed by atoms with Crippen LogP contribution in [0.3, 0.4) is 0 Å². The van der Waals surface area contributed by atoms with E-state index in [1.165, 1.54) is 12.1 Å². The Morgan fingerprint density at radius 1 is 1.29 bits per heavy atom. The third-order valence-electron chi connectivity index (χ3n) is 5.33. The Morgan fingerprint density at radius 2 is 2.00 bits per heavy atom.